The fraction of sp³-hybridized carbons (Fsp3) is 0.632. The zero-order valence-corrected chi connectivity index (χ0v) is 13.0. The van der Waals surface area contributed by atoms with E-state index in [2.05, 4.69) is 0 Å². The monoisotopic (exact) mass is 302 g/mol. The lowest BCUT2D eigenvalue weighted by atomic mass is 9.41. The smallest absolute Gasteiger partial charge is 0.307 e. The van der Waals surface area contributed by atoms with Gasteiger partial charge >= 0.3 is 5.97 Å². The minimum absolute atomic E-state index is 0.245. The van der Waals surface area contributed by atoms with Crippen molar-refractivity contribution >= 4 is 5.97 Å². The third-order valence-corrected chi connectivity index (χ3v) is 6.92. The van der Waals surface area contributed by atoms with Crippen molar-refractivity contribution in [1.29, 1.82) is 0 Å². The number of rotatable bonds is 3. The molecule has 1 N–H and O–H groups in total. The Bertz CT molecular complexity index is 564. The van der Waals surface area contributed by atoms with Crippen molar-refractivity contribution in [1.82, 2.24) is 0 Å². The Hall–Kier alpha value is -1.38. The lowest BCUT2D eigenvalue weighted by Crippen LogP contribution is -2.59. The molecule has 0 aliphatic heterocycles. The zero-order valence-electron chi connectivity index (χ0n) is 13.0. The molecule has 0 saturated heterocycles. The topological polar surface area (TPSA) is 37.3 Å². The quantitative estimate of drug-likeness (QED) is 0.906. The zero-order chi connectivity index (χ0) is 15.5. The molecule has 0 aromatic heterocycles. The molecule has 4 bridgehead atoms. The van der Waals surface area contributed by atoms with Gasteiger partial charge in [0.1, 0.15) is 5.82 Å². The van der Waals surface area contributed by atoms with Crippen molar-refractivity contribution < 1.29 is 14.3 Å². The molecular weight excluding hydrogens is 279 g/mol. The second kappa shape index (κ2) is 4.81. The van der Waals surface area contributed by atoms with Crippen LogP contribution in [0.2, 0.25) is 0 Å². The molecule has 4 aliphatic carbocycles. The molecule has 2 nitrogen and oxygen atoms in total. The number of hydrogen-bond acceptors (Lipinski definition) is 1. The van der Waals surface area contributed by atoms with E-state index in [0.717, 1.165) is 43.1 Å². The molecule has 3 heteroatoms. The maximum atomic E-state index is 13.4. The molecule has 0 amide bonds. The summed E-state index contributed by atoms with van der Waals surface area (Å²) in [6.07, 6.45) is 5.96. The van der Waals surface area contributed by atoms with Gasteiger partial charge in [-0.3, -0.25) is 4.79 Å². The van der Waals surface area contributed by atoms with Crippen LogP contribution in [0.15, 0.2) is 24.3 Å². The molecule has 1 unspecified atom stereocenters. The molecule has 1 aromatic rings. The Labute approximate surface area is 130 Å². The first-order chi connectivity index (χ1) is 10.5. The van der Waals surface area contributed by atoms with E-state index in [4.69, 9.17) is 0 Å². The van der Waals surface area contributed by atoms with Crippen LogP contribution in [0.25, 0.3) is 0 Å². The number of aliphatic carboxylic acids is 1. The van der Waals surface area contributed by atoms with Crippen LogP contribution in [0.1, 0.15) is 44.6 Å². The highest BCUT2D eigenvalue weighted by molar-refractivity contribution is 5.72. The summed E-state index contributed by atoms with van der Waals surface area (Å²) >= 11 is 0. The highest BCUT2D eigenvalue weighted by Gasteiger charge is 2.61. The Morgan fingerprint density at radius 3 is 2.05 bits per heavy atom. The molecule has 0 spiro atoms. The van der Waals surface area contributed by atoms with E-state index in [1.165, 1.54) is 18.6 Å². The molecule has 4 aliphatic rings. The highest BCUT2D eigenvalue weighted by Crippen LogP contribution is 2.65. The molecule has 0 heterocycles. The summed E-state index contributed by atoms with van der Waals surface area (Å²) in [5, 5.41) is 9.77. The molecule has 1 atom stereocenters. The van der Waals surface area contributed by atoms with E-state index in [9.17, 15) is 14.3 Å². The van der Waals surface area contributed by atoms with Crippen LogP contribution in [0, 0.1) is 35.4 Å². The fourth-order valence-corrected chi connectivity index (χ4v) is 6.34. The fourth-order valence-electron chi connectivity index (χ4n) is 6.34. The number of benzene rings is 1. The van der Waals surface area contributed by atoms with Gasteiger partial charge in [0.25, 0.3) is 0 Å². The van der Waals surface area contributed by atoms with Crippen LogP contribution in [0.4, 0.5) is 4.39 Å². The van der Waals surface area contributed by atoms with Gasteiger partial charge in [-0.2, -0.15) is 0 Å². The van der Waals surface area contributed by atoms with Crippen LogP contribution >= 0.6 is 0 Å². The summed E-state index contributed by atoms with van der Waals surface area (Å²) in [5.41, 5.74) is 0.755. The van der Waals surface area contributed by atoms with Crippen LogP contribution < -0.4 is 0 Å². The molecule has 0 radical (unpaired) electrons. The van der Waals surface area contributed by atoms with Gasteiger partial charge < -0.3 is 5.11 Å². The minimum Gasteiger partial charge on any atom is -0.481 e. The van der Waals surface area contributed by atoms with Crippen molar-refractivity contribution in [2.75, 3.05) is 0 Å². The largest absolute Gasteiger partial charge is 0.481 e. The summed E-state index contributed by atoms with van der Waals surface area (Å²) in [6, 6.07) is 6.68. The number of carboxylic acid groups (broad SMARTS) is 1. The first kappa shape index (κ1) is 14.2. The van der Waals surface area contributed by atoms with Crippen molar-refractivity contribution in [3.8, 4) is 0 Å². The second-order valence-corrected chi connectivity index (χ2v) is 7.80. The van der Waals surface area contributed by atoms with Crippen LogP contribution in [-0.2, 0) is 10.2 Å². The molecule has 118 valence electrons. The second-order valence-electron chi connectivity index (χ2n) is 7.80. The first-order valence-electron chi connectivity index (χ1n) is 8.50. The van der Waals surface area contributed by atoms with Gasteiger partial charge in [-0.15, -0.1) is 0 Å². The number of carboxylic acids is 1. The lowest BCUT2D eigenvalue weighted by molar-refractivity contribution is -0.154. The third-order valence-electron chi connectivity index (χ3n) is 6.92. The summed E-state index contributed by atoms with van der Waals surface area (Å²) in [6.45, 7) is 1.87. The van der Waals surface area contributed by atoms with E-state index in [1.807, 2.05) is 19.1 Å². The van der Waals surface area contributed by atoms with Crippen molar-refractivity contribution in [2.24, 2.45) is 29.6 Å². The summed E-state index contributed by atoms with van der Waals surface area (Å²) in [5.74, 6) is 1.10. The van der Waals surface area contributed by atoms with Crippen molar-refractivity contribution in [3.63, 3.8) is 0 Å². The molecule has 4 fully saturated rings. The van der Waals surface area contributed by atoms with E-state index in [-0.39, 0.29) is 11.2 Å². The minimum atomic E-state index is -0.711. The Kier molecular flexibility index (Phi) is 3.11. The third kappa shape index (κ3) is 1.80. The Morgan fingerprint density at radius 2 is 1.59 bits per heavy atom. The van der Waals surface area contributed by atoms with Gasteiger partial charge in [0.15, 0.2) is 0 Å². The maximum absolute atomic E-state index is 13.4. The van der Waals surface area contributed by atoms with Crippen LogP contribution in [-0.4, -0.2) is 11.1 Å². The standard InChI is InChI=1S/C19H23FO2/c1-11(18(21)22)19(14-2-4-17(20)5-3-14)15-7-12-6-13(9-15)10-16(19)8-12/h2-5,11-13,15-16H,6-10H2,1H3,(H,21,22). The van der Waals surface area contributed by atoms with Gasteiger partial charge in [-0.05, 0) is 73.5 Å². The van der Waals surface area contributed by atoms with Crippen LogP contribution in [0.5, 0.6) is 0 Å². The first-order valence-corrected chi connectivity index (χ1v) is 8.50. The predicted molar refractivity (Wildman–Crippen MR) is 81.9 cm³/mol. The number of carbonyl (C=O) groups is 1. The SMILES string of the molecule is CC(C(=O)O)C1(c2ccc(F)cc2)C2CC3CC(C2)CC1C3. The molecule has 22 heavy (non-hydrogen) atoms. The molecular formula is C19H23FO2. The van der Waals surface area contributed by atoms with Gasteiger partial charge in [-0.1, -0.05) is 19.1 Å². The van der Waals surface area contributed by atoms with E-state index >= 15 is 0 Å². The summed E-state index contributed by atoms with van der Waals surface area (Å²) < 4.78 is 13.4. The van der Waals surface area contributed by atoms with Crippen LogP contribution in [0.3, 0.4) is 0 Å². The van der Waals surface area contributed by atoms with Gasteiger partial charge in [0.05, 0.1) is 5.92 Å². The molecule has 5 rings (SSSR count). The number of halogens is 1. The lowest BCUT2D eigenvalue weighted by Gasteiger charge is -2.63. The number of hydrogen-bond donors (Lipinski definition) is 1. The van der Waals surface area contributed by atoms with E-state index < -0.39 is 11.9 Å². The van der Waals surface area contributed by atoms with Crippen molar-refractivity contribution in [3.05, 3.63) is 35.6 Å². The Balaban J connectivity index is 1.86. The summed E-state index contributed by atoms with van der Waals surface area (Å²) in [7, 11) is 0. The Morgan fingerprint density at radius 1 is 1.09 bits per heavy atom. The average Bonchev–Trinajstić information content (AvgIpc) is 2.48. The van der Waals surface area contributed by atoms with Crippen molar-refractivity contribution in [2.45, 2.75) is 44.4 Å². The molecule has 4 saturated carbocycles. The molecule has 1 aromatic carbocycles. The summed E-state index contributed by atoms with van der Waals surface area (Å²) in [4.78, 5) is 11.9. The van der Waals surface area contributed by atoms with E-state index in [1.54, 1.807) is 0 Å². The maximum Gasteiger partial charge on any atom is 0.307 e. The van der Waals surface area contributed by atoms with Gasteiger partial charge in [0.2, 0.25) is 0 Å². The predicted octanol–water partition coefficient (Wildman–Crippen LogP) is 4.24. The van der Waals surface area contributed by atoms with Gasteiger partial charge in [0, 0.05) is 5.41 Å². The van der Waals surface area contributed by atoms with Gasteiger partial charge in [-0.25, -0.2) is 4.39 Å². The normalized spacial score (nSPS) is 40.6. The average molecular weight is 302 g/mol. The highest BCUT2D eigenvalue weighted by atomic mass is 19.1. The van der Waals surface area contributed by atoms with E-state index in [0.29, 0.717) is 11.8 Å².